The highest BCUT2D eigenvalue weighted by Gasteiger charge is 2.12. The zero-order valence-electron chi connectivity index (χ0n) is 8.51. The van der Waals surface area contributed by atoms with Crippen molar-refractivity contribution in [3.63, 3.8) is 0 Å². The van der Waals surface area contributed by atoms with Crippen molar-refractivity contribution in [2.75, 3.05) is 0 Å². The first-order valence-electron chi connectivity index (χ1n) is 4.62. The molecule has 4 nitrogen and oxygen atoms in total. The van der Waals surface area contributed by atoms with Crippen molar-refractivity contribution in [3.8, 4) is 5.69 Å². The molecule has 0 amide bonds. The third kappa shape index (κ3) is 1.92. The molecule has 0 radical (unpaired) electrons. The van der Waals surface area contributed by atoms with Gasteiger partial charge in [0.25, 0.3) is 0 Å². The average molecular weight is 237 g/mol. The van der Waals surface area contributed by atoms with E-state index in [1.165, 1.54) is 10.7 Å². The first kappa shape index (κ1) is 10.7. The van der Waals surface area contributed by atoms with Crippen LogP contribution in [0.25, 0.3) is 5.69 Å². The van der Waals surface area contributed by atoms with Gasteiger partial charge in [-0.05, 0) is 30.7 Å². The van der Waals surface area contributed by atoms with Crippen molar-refractivity contribution in [1.29, 1.82) is 0 Å². The van der Waals surface area contributed by atoms with Gasteiger partial charge in [-0.3, -0.25) is 0 Å². The summed E-state index contributed by atoms with van der Waals surface area (Å²) in [6, 6.07) is 4.60. The van der Waals surface area contributed by atoms with Crippen molar-refractivity contribution >= 4 is 17.6 Å². The number of nitrogens with zero attached hydrogens (tertiary/aromatic N) is 2. The number of rotatable bonds is 2. The molecule has 2 rings (SSSR count). The standard InChI is InChI=1S/C11H9ClN2O2/c1-7-5-13-14(6-7)10-4-8(12)2-3-9(10)11(15)16/h2-6H,1H3,(H,15,16). The van der Waals surface area contributed by atoms with Crippen LogP contribution in [0.3, 0.4) is 0 Å². The molecule has 1 N–H and O–H groups in total. The van der Waals surface area contributed by atoms with E-state index in [-0.39, 0.29) is 5.56 Å². The Kier molecular flexibility index (Phi) is 2.66. The number of aromatic nitrogens is 2. The number of carboxylic acids is 1. The average Bonchev–Trinajstić information content (AvgIpc) is 2.64. The van der Waals surface area contributed by atoms with Crippen LogP contribution in [0.4, 0.5) is 0 Å². The second-order valence-electron chi connectivity index (χ2n) is 3.43. The van der Waals surface area contributed by atoms with Crippen LogP contribution in [0.5, 0.6) is 0 Å². The predicted molar refractivity (Wildman–Crippen MR) is 60.3 cm³/mol. The van der Waals surface area contributed by atoms with Gasteiger partial charge in [-0.1, -0.05) is 11.6 Å². The number of benzene rings is 1. The monoisotopic (exact) mass is 236 g/mol. The molecule has 0 saturated carbocycles. The highest BCUT2D eigenvalue weighted by molar-refractivity contribution is 6.30. The molecule has 0 aliphatic heterocycles. The van der Waals surface area contributed by atoms with E-state index in [2.05, 4.69) is 5.10 Å². The maximum absolute atomic E-state index is 11.0. The smallest absolute Gasteiger partial charge is 0.337 e. The summed E-state index contributed by atoms with van der Waals surface area (Å²) < 4.78 is 1.50. The van der Waals surface area contributed by atoms with Gasteiger partial charge in [0.05, 0.1) is 17.4 Å². The Morgan fingerprint density at radius 1 is 1.50 bits per heavy atom. The number of hydrogen-bond acceptors (Lipinski definition) is 2. The molecule has 0 bridgehead atoms. The molecule has 0 spiro atoms. The lowest BCUT2D eigenvalue weighted by Crippen LogP contribution is -2.05. The van der Waals surface area contributed by atoms with E-state index in [0.29, 0.717) is 10.7 Å². The van der Waals surface area contributed by atoms with Gasteiger partial charge in [0.2, 0.25) is 0 Å². The second kappa shape index (κ2) is 3.98. The Morgan fingerprint density at radius 3 is 2.81 bits per heavy atom. The molecule has 1 aromatic heterocycles. The number of carbonyl (C=O) groups is 1. The quantitative estimate of drug-likeness (QED) is 0.872. The van der Waals surface area contributed by atoms with Crippen molar-refractivity contribution < 1.29 is 9.90 Å². The van der Waals surface area contributed by atoms with Crippen LogP contribution in [0.1, 0.15) is 15.9 Å². The Balaban J connectivity index is 2.62. The molecule has 2 aromatic rings. The van der Waals surface area contributed by atoms with E-state index in [1.807, 2.05) is 6.92 Å². The minimum Gasteiger partial charge on any atom is -0.478 e. The Morgan fingerprint density at radius 2 is 2.25 bits per heavy atom. The number of halogens is 1. The van der Waals surface area contributed by atoms with Gasteiger partial charge in [-0.2, -0.15) is 5.10 Å². The molecule has 5 heteroatoms. The maximum Gasteiger partial charge on any atom is 0.337 e. The number of aryl methyl sites for hydroxylation is 1. The van der Waals surface area contributed by atoms with E-state index in [4.69, 9.17) is 16.7 Å². The van der Waals surface area contributed by atoms with Gasteiger partial charge in [-0.25, -0.2) is 9.48 Å². The molecular formula is C11H9ClN2O2. The fraction of sp³-hybridized carbons (Fsp3) is 0.0909. The topological polar surface area (TPSA) is 55.1 Å². The lowest BCUT2D eigenvalue weighted by molar-refractivity contribution is 0.0697. The van der Waals surface area contributed by atoms with Gasteiger partial charge in [-0.15, -0.1) is 0 Å². The van der Waals surface area contributed by atoms with Gasteiger partial charge in [0, 0.05) is 11.2 Å². The van der Waals surface area contributed by atoms with E-state index >= 15 is 0 Å². The van der Waals surface area contributed by atoms with E-state index in [0.717, 1.165) is 5.56 Å². The number of aromatic carboxylic acids is 1. The SMILES string of the molecule is Cc1cnn(-c2cc(Cl)ccc2C(=O)O)c1. The second-order valence-corrected chi connectivity index (χ2v) is 3.87. The minimum absolute atomic E-state index is 0.174. The van der Waals surface area contributed by atoms with Gasteiger partial charge in [0.15, 0.2) is 0 Å². The van der Waals surface area contributed by atoms with Crippen LogP contribution in [-0.2, 0) is 0 Å². The Labute approximate surface area is 97.1 Å². The van der Waals surface area contributed by atoms with Crippen molar-refractivity contribution in [2.24, 2.45) is 0 Å². The molecule has 0 saturated heterocycles. The molecular weight excluding hydrogens is 228 g/mol. The molecule has 0 fully saturated rings. The van der Waals surface area contributed by atoms with E-state index in [9.17, 15) is 4.79 Å². The Bertz CT molecular complexity index is 549. The fourth-order valence-corrected chi connectivity index (χ4v) is 1.59. The van der Waals surface area contributed by atoms with Crippen LogP contribution in [0, 0.1) is 6.92 Å². The third-order valence-corrected chi connectivity index (χ3v) is 2.38. The van der Waals surface area contributed by atoms with Crippen LogP contribution in [0.2, 0.25) is 5.02 Å². The molecule has 0 aliphatic carbocycles. The van der Waals surface area contributed by atoms with Gasteiger partial charge < -0.3 is 5.11 Å². The number of hydrogen-bond donors (Lipinski definition) is 1. The largest absolute Gasteiger partial charge is 0.478 e. The summed E-state index contributed by atoms with van der Waals surface area (Å²) in [6.07, 6.45) is 3.41. The summed E-state index contributed by atoms with van der Waals surface area (Å²) in [5, 5.41) is 13.6. The van der Waals surface area contributed by atoms with Gasteiger partial charge >= 0.3 is 5.97 Å². The zero-order chi connectivity index (χ0) is 11.7. The lowest BCUT2D eigenvalue weighted by Gasteiger charge is -2.06. The van der Waals surface area contributed by atoms with E-state index in [1.54, 1.807) is 24.5 Å². The van der Waals surface area contributed by atoms with Crippen molar-refractivity contribution in [3.05, 3.63) is 46.7 Å². The van der Waals surface area contributed by atoms with Crippen LogP contribution >= 0.6 is 11.6 Å². The first-order chi connectivity index (χ1) is 7.58. The highest BCUT2D eigenvalue weighted by Crippen LogP contribution is 2.20. The van der Waals surface area contributed by atoms with Crippen molar-refractivity contribution in [1.82, 2.24) is 9.78 Å². The van der Waals surface area contributed by atoms with Crippen molar-refractivity contribution in [2.45, 2.75) is 6.92 Å². The predicted octanol–water partition coefficient (Wildman–Crippen LogP) is 2.53. The van der Waals surface area contributed by atoms with Crippen LogP contribution in [0.15, 0.2) is 30.6 Å². The molecule has 16 heavy (non-hydrogen) atoms. The molecule has 0 aliphatic rings. The summed E-state index contributed by atoms with van der Waals surface area (Å²) in [4.78, 5) is 11.0. The third-order valence-electron chi connectivity index (χ3n) is 2.15. The summed E-state index contributed by atoms with van der Waals surface area (Å²) in [6.45, 7) is 1.88. The summed E-state index contributed by atoms with van der Waals surface area (Å²) >= 11 is 5.84. The molecule has 0 unspecified atom stereocenters. The zero-order valence-corrected chi connectivity index (χ0v) is 9.27. The summed E-state index contributed by atoms with van der Waals surface area (Å²) in [5.41, 5.74) is 1.59. The van der Waals surface area contributed by atoms with E-state index < -0.39 is 5.97 Å². The lowest BCUT2D eigenvalue weighted by atomic mass is 10.2. The molecule has 0 atom stereocenters. The maximum atomic E-state index is 11.0. The van der Waals surface area contributed by atoms with Crippen LogP contribution < -0.4 is 0 Å². The molecule has 1 aromatic carbocycles. The summed E-state index contributed by atoms with van der Waals surface area (Å²) in [7, 11) is 0. The first-order valence-corrected chi connectivity index (χ1v) is 5.00. The molecule has 1 heterocycles. The minimum atomic E-state index is -1.00. The normalized spacial score (nSPS) is 10.4. The summed E-state index contributed by atoms with van der Waals surface area (Å²) in [5.74, 6) is -1.00. The Hall–Kier alpha value is -1.81. The highest BCUT2D eigenvalue weighted by atomic mass is 35.5. The number of carboxylic acid groups (broad SMARTS) is 1. The van der Waals surface area contributed by atoms with Crippen LogP contribution in [-0.4, -0.2) is 20.9 Å². The molecule has 82 valence electrons. The fourth-order valence-electron chi connectivity index (χ4n) is 1.42. The van der Waals surface area contributed by atoms with Gasteiger partial charge in [0.1, 0.15) is 0 Å².